The van der Waals surface area contributed by atoms with Crippen molar-refractivity contribution in [2.24, 2.45) is 23.7 Å². The first-order chi connectivity index (χ1) is 13.7. The molecule has 0 saturated carbocycles. The van der Waals surface area contributed by atoms with Crippen molar-refractivity contribution in [3.05, 3.63) is 53.4 Å². The molecule has 2 rings (SSSR count). The minimum Gasteiger partial charge on any atom is -0.378 e. The highest BCUT2D eigenvalue weighted by atomic mass is 19.1. The van der Waals surface area contributed by atoms with Crippen molar-refractivity contribution in [3.63, 3.8) is 0 Å². The second kappa shape index (κ2) is 9.82. The summed E-state index contributed by atoms with van der Waals surface area (Å²) in [6, 6.07) is 5.35. The van der Waals surface area contributed by atoms with Gasteiger partial charge in [0.2, 0.25) is 0 Å². The number of allylic oxidation sites excluding steroid dienone is 6. The lowest BCUT2D eigenvalue weighted by molar-refractivity contribution is 0.317. The van der Waals surface area contributed by atoms with Gasteiger partial charge in [0.15, 0.2) is 0 Å². The van der Waals surface area contributed by atoms with Gasteiger partial charge in [-0.1, -0.05) is 46.3 Å². The van der Waals surface area contributed by atoms with Crippen molar-refractivity contribution in [1.29, 1.82) is 5.26 Å². The molecule has 5 heteroatoms. The van der Waals surface area contributed by atoms with E-state index in [0.717, 1.165) is 12.1 Å². The summed E-state index contributed by atoms with van der Waals surface area (Å²) in [5.74, 6) is -1.36. The molecule has 0 saturated heterocycles. The highest BCUT2D eigenvalue weighted by Gasteiger charge is 2.37. The Balaban J connectivity index is 2.68. The van der Waals surface area contributed by atoms with Gasteiger partial charge in [-0.25, -0.2) is 8.78 Å². The second-order valence-corrected chi connectivity index (χ2v) is 8.32. The van der Waals surface area contributed by atoms with Gasteiger partial charge in [-0.15, -0.1) is 0 Å². The van der Waals surface area contributed by atoms with Crippen LogP contribution >= 0.6 is 0 Å². The zero-order valence-electron chi connectivity index (χ0n) is 18.2. The standard InChI is InChI=1S/C24H31F2N3/c1-7-16(4)18(9-8-15(2)3)19-13-21(25)20(14-27)24(26)23(19)22-12-17(29(5)6)10-11-28-22/h8-12,15-16,18-19H,7,13H2,1-6H3. The molecule has 0 N–H and O–H groups in total. The summed E-state index contributed by atoms with van der Waals surface area (Å²) >= 11 is 0. The van der Waals surface area contributed by atoms with Gasteiger partial charge in [-0.2, -0.15) is 5.26 Å². The van der Waals surface area contributed by atoms with Gasteiger partial charge >= 0.3 is 0 Å². The molecule has 3 unspecified atom stereocenters. The van der Waals surface area contributed by atoms with E-state index in [1.807, 2.05) is 25.1 Å². The number of rotatable bonds is 7. The average Bonchev–Trinajstić information content (AvgIpc) is 2.67. The molecule has 0 amide bonds. The molecule has 0 aliphatic heterocycles. The summed E-state index contributed by atoms with van der Waals surface area (Å²) in [7, 11) is 3.80. The molecule has 3 atom stereocenters. The lowest BCUT2D eigenvalue weighted by Gasteiger charge is -2.33. The van der Waals surface area contributed by atoms with Crippen LogP contribution in [0, 0.1) is 35.0 Å². The molecule has 0 aromatic carbocycles. The van der Waals surface area contributed by atoms with Crippen LogP contribution in [0.15, 0.2) is 47.7 Å². The zero-order valence-corrected chi connectivity index (χ0v) is 18.2. The van der Waals surface area contributed by atoms with Gasteiger partial charge in [0.25, 0.3) is 0 Å². The minimum absolute atomic E-state index is 0.0109. The van der Waals surface area contributed by atoms with E-state index in [0.29, 0.717) is 17.2 Å². The SMILES string of the molecule is CCC(C)C(C=CC(C)C)C1CC(F)=C(C#N)C(F)=C1c1cc(N(C)C)ccn1. The maximum absolute atomic E-state index is 15.4. The van der Waals surface area contributed by atoms with Crippen molar-refractivity contribution in [3.8, 4) is 6.07 Å². The molecular formula is C24H31F2N3. The molecule has 0 radical (unpaired) electrons. The second-order valence-electron chi connectivity index (χ2n) is 8.32. The van der Waals surface area contributed by atoms with Crippen molar-refractivity contribution in [2.45, 2.75) is 40.5 Å². The van der Waals surface area contributed by atoms with Crippen molar-refractivity contribution in [2.75, 3.05) is 19.0 Å². The number of pyridine rings is 1. The molecule has 0 fully saturated rings. The molecule has 3 nitrogen and oxygen atoms in total. The van der Waals surface area contributed by atoms with E-state index in [4.69, 9.17) is 0 Å². The normalized spacial score (nSPS) is 19.7. The Bertz CT molecular complexity index is 859. The molecule has 29 heavy (non-hydrogen) atoms. The minimum atomic E-state index is -0.782. The Morgan fingerprint density at radius 3 is 2.52 bits per heavy atom. The van der Waals surface area contributed by atoms with Crippen LogP contribution in [-0.4, -0.2) is 19.1 Å². The third-order valence-electron chi connectivity index (χ3n) is 5.63. The molecule has 1 aromatic rings. The summed E-state index contributed by atoms with van der Waals surface area (Å²) in [6.07, 6.45) is 6.72. The van der Waals surface area contributed by atoms with E-state index in [9.17, 15) is 9.65 Å². The molecule has 0 spiro atoms. The Morgan fingerprint density at radius 1 is 1.28 bits per heavy atom. The summed E-state index contributed by atoms with van der Waals surface area (Å²) < 4.78 is 30.1. The fraction of sp³-hybridized carbons (Fsp3) is 0.500. The molecule has 1 aromatic heterocycles. The highest BCUT2D eigenvalue weighted by Crippen LogP contribution is 2.47. The van der Waals surface area contributed by atoms with Crippen LogP contribution in [0.3, 0.4) is 0 Å². The fourth-order valence-corrected chi connectivity index (χ4v) is 3.74. The molecule has 0 bridgehead atoms. The van der Waals surface area contributed by atoms with Crippen LogP contribution in [-0.2, 0) is 0 Å². The highest BCUT2D eigenvalue weighted by molar-refractivity contribution is 5.76. The van der Waals surface area contributed by atoms with Crippen LogP contribution in [0.2, 0.25) is 0 Å². The van der Waals surface area contributed by atoms with Gasteiger partial charge in [0.05, 0.1) is 5.69 Å². The number of aromatic nitrogens is 1. The Hall–Kier alpha value is -2.48. The first-order valence-electron chi connectivity index (χ1n) is 10.2. The molecule has 1 aliphatic rings. The van der Waals surface area contributed by atoms with E-state index < -0.39 is 23.1 Å². The summed E-state index contributed by atoms with van der Waals surface area (Å²) in [5, 5.41) is 9.33. The zero-order chi connectivity index (χ0) is 21.7. The first kappa shape index (κ1) is 22.8. The first-order valence-corrected chi connectivity index (χ1v) is 10.2. The quantitative estimate of drug-likeness (QED) is 0.493. The van der Waals surface area contributed by atoms with Crippen LogP contribution < -0.4 is 4.90 Å². The van der Waals surface area contributed by atoms with Gasteiger partial charge in [0.1, 0.15) is 23.3 Å². The third kappa shape index (κ3) is 5.12. The lowest BCUT2D eigenvalue weighted by Crippen LogP contribution is -2.25. The van der Waals surface area contributed by atoms with Crippen LogP contribution in [0.5, 0.6) is 0 Å². The molecule has 1 aliphatic carbocycles. The van der Waals surface area contributed by atoms with Crippen molar-refractivity contribution in [1.82, 2.24) is 4.98 Å². The molecule has 1 heterocycles. The van der Waals surface area contributed by atoms with E-state index in [1.54, 1.807) is 18.3 Å². The summed E-state index contributed by atoms with van der Waals surface area (Å²) in [6.45, 7) is 8.36. The maximum atomic E-state index is 15.4. The number of hydrogen-bond donors (Lipinski definition) is 0. The van der Waals surface area contributed by atoms with Crippen LogP contribution in [0.25, 0.3) is 5.57 Å². The third-order valence-corrected chi connectivity index (χ3v) is 5.63. The molecular weight excluding hydrogens is 368 g/mol. The topological polar surface area (TPSA) is 39.9 Å². The monoisotopic (exact) mass is 399 g/mol. The van der Waals surface area contributed by atoms with Crippen molar-refractivity contribution >= 4 is 11.3 Å². The van der Waals surface area contributed by atoms with Crippen LogP contribution in [0.4, 0.5) is 14.5 Å². The number of anilines is 1. The van der Waals surface area contributed by atoms with E-state index in [1.165, 1.54) is 0 Å². The van der Waals surface area contributed by atoms with Gasteiger partial charge in [-0.3, -0.25) is 4.98 Å². The van der Waals surface area contributed by atoms with E-state index in [2.05, 4.69) is 44.8 Å². The van der Waals surface area contributed by atoms with Crippen LogP contribution in [0.1, 0.15) is 46.2 Å². The van der Waals surface area contributed by atoms with Gasteiger partial charge in [0, 0.05) is 43.9 Å². The molecule has 156 valence electrons. The maximum Gasteiger partial charge on any atom is 0.149 e. The largest absolute Gasteiger partial charge is 0.378 e. The van der Waals surface area contributed by atoms with Gasteiger partial charge in [-0.05, 0) is 29.9 Å². The predicted octanol–water partition coefficient (Wildman–Crippen LogP) is 6.47. The Labute approximate surface area is 173 Å². The van der Waals surface area contributed by atoms with E-state index >= 15 is 4.39 Å². The fourth-order valence-electron chi connectivity index (χ4n) is 3.74. The summed E-state index contributed by atoms with van der Waals surface area (Å²) in [4.78, 5) is 6.31. The van der Waals surface area contributed by atoms with Gasteiger partial charge < -0.3 is 4.90 Å². The number of halogens is 2. The van der Waals surface area contributed by atoms with Crippen molar-refractivity contribution < 1.29 is 8.78 Å². The predicted molar refractivity (Wildman–Crippen MR) is 115 cm³/mol. The average molecular weight is 400 g/mol. The number of hydrogen-bond acceptors (Lipinski definition) is 3. The smallest absolute Gasteiger partial charge is 0.149 e. The Kier molecular flexibility index (Phi) is 7.73. The number of nitrogens with zero attached hydrogens (tertiary/aromatic N) is 3. The Morgan fingerprint density at radius 2 is 1.97 bits per heavy atom. The lowest BCUT2D eigenvalue weighted by atomic mass is 9.71. The number of nitriles is 1. The summed E-state index contributed by atoms with van der Waals surface area (Å²) in [5.41, 5.74) is 1.18. The van der Waals surface area contributed by atoms with E-state index in [-0.39, 0.29) is 18.3 Å².